The van der Waals surface area contributed by atoms with Crippen LogP contribution in [0.25, 0.3) is 16.9 Å². The molecule has 5 heterocycles. The molecule has 0 amide bonds. The van der Waals surface area contributed by atoms with E-state index in [0.717, 1.165) is 54.0 Å². The van der Waals surface area contributed by atoms with E-state index in [1.54, 1.807) is 0 Å². The second kappa shape index (κ2) is 5.81. The van der Waals surface area contributed by atoms with Crippen LogP contribution in [0.1, 0.15) is 18.5 Å². The van der Waals surface area contributed by atoms with Gasteiger partial charge in [0.25, 0.3) is 0 Å². The van der Waals surface area contributed by atoms with Crippen molar-refractivity contribution >= 4 is 11.5 Å². The third-order valence-electron chi connectivity index (χ3n) is 5.51. The minimum absolute atomic E-state index is 0.607. The maximum absolute atomic E-state index is 4.94. The summed E-state index contributed by atoms with van der Waals surface area (Å²) >= 11 is 0. The fourth-order valence-electron chi connectivity index (χ4n) is 4.28. The lowest BCUT2D eigenvalue weighted by atomic mass is 9.94. The Morgan fingerprint density at radius 1 is 1.12 bits per heavy atom. The molecular formula is C19H22N6. The first-order valence-electron chi connectivity index (χ1n) is 9.05. The summed E-state index contributed by atoms with van der Waals surface area (Å²) in [5.74, 6) is 1.78. The molecule has 6 nitrogen and oxygen atoms in total. The normalized spacial score (nSPS) is 23.2. The van der Waals surface area contributed by atoms with Crippen LogP contribution in [0.2, 0.25) is 0 Å². The van der Waals surface area contributed by atoms with Gasteiger partial charge in [0, 0.05) is 37.1 Å². The van der Waals surface area contributed by atoms with E-state index in [1.165, 1.54) is 12.8 Å². The molecule has 0 aliphatic carbocycles. The standard InChI is InChI=1S/C19H22N6/c1-13-19(14-6-9-20-10-7-14)25-17(22-13)4-5-18(23-25)24-11-15-3-2-8-21-16(15)12-24/h4-7,9-10,15-16,21H,2-3,8,11-12H2,1H3/t15-,16-/m0/s1. The zero-order chi connectivity index (χ0) is 16.8. The van der Waals surface area contributed by atoms with Gasteiger partial charge in [0.2, 0.25) is 0 Å². The Kier molecular flexibility index (Phi) is 3.45. The largest absolute Gasteiger partial charge is 0.353 e. The number of rotatable bonds is 2. The summed E-state index contributed by atoms with van der Waals surface area (Å²) in [4.78, 5) is 11.2. The maximum atomic E-state index is 4.94. The SMILES string of the molecule is Cc1nc2ccc(N3C[C@@H]4CCCN[C@H]4C3)nn2c1-c1ccncc1. The minimum atomic E-state index is 0.607. The molecular weight excluding hydrogens is 312 g/mol. The quantitative estimate of drug-likeness (QED) is 0.779. The predicted octanol–water partition coefficient (Wildman–Crippen LogP) is 2.29. The first-order valence-corrected chi connectivity index (χ1v) is 9.05. The number of fused-ring (bicyclic) bond motifs is 2. The summed E-state index contributed by atoms with van der Waals surface area (Å²) in [5, 5.41) is 8.61. The topological polar surface area (TPSA) is 58.4 Å². The van der Waals surface area contributed by atoms with Crippen molar-refractivity contribution in [1.29, 1.82) is 0 Å². The molecule has 2 saturated heterocycles. The predicted molar refractivity (Wildman–Crippen MR) is 97.7 cm³/mol. The van der Waals surface area contributed by atoms with Crippen molar-refractivity contribution in [3.05, 3.63) is 42.4 Å². The van der Waals surface area contributed by atoms with Crippen LogP contribution >= 0.6 is 0 Å². The average molecular weight is 334 g/mol. The van der Waals surface area contributed by atoms with Crippen molar-refractivity contribution in [2.24, 2.45) is 5.92 Å². The number of hydrogen-bond donors (Lipinski definition) is 1. The molecule has 2 fully saturated rings. The first-order chi connectivity index (χ1) is 12.3. The van der Waals surface area contributed by atoms with Gasteiger partial charge < -0.3 is 10.2 Å². The van der Waals surface area contributed by atoms with E-state index in [9.17, 15) is 0 Å². The van der Waals surface area contributed by atoms with Gasteiger partial charge in [-0.1, -0.05) is 0 Å². The van der Waals surface area contributed by atoms with Gasteiger partial charge in [0.15, 0.2) is 5.65 Å². The summed E-state index contributed by atoms with van der Waals surface area (Å²) in [6.07, 6.45) is 6.24. The molecule has 0 saturated carbocycles. The number of aryl methyl sites for hydroxylation is 1. The molecule has 128 valence electrons. The number of pyridine rings is 1. The molecule has 2 aliphatic heterocycles. The average Bonchev–Trinajstić information content (AvgIpc) is 3.21. The zero-order valence-electron chi connectivity index (χ0n) is 14.4. The fraction of sp³-hybridized carbons (Fsp3) is 0.421. The second-order valence-corrected chi connectivity index (χ2v) is 7.11. The van der Waals surface area contributed by atoms with Crippen LogP contribution in [-0.4, -0.2) is 45.3 Å². The summed E-state index contributed by atoms with van der Waals surface area (Å²) < 4.78 is 1.98. The van der Waals surface area contributed by atoms with Gasteiger partial charge in [0.05, 0.1) is 11.4 Å². The Bertz CT molecular complexity index is 889. The van der Waals surface area contributed by atoms with E-state index >= 15 is 0 Å². The molecule has 2 aliphatic rings. The van der Waals surface area contributed by atoms with E-state index in [1.807, 2.05) is 36.0 Å². The van der Waals surface area contributed by atoms with E-state index in [2.05, 4.69) is 32.3 Å². The molecule has 0 bridgehead atoms. The third-order valence-corrected chi connectivity index (χ3v) is 5.51. The Morgan fingerprint density at radius 2 is 2.00 bits per heavy atom. The molecule has 1 N–H and O–H groups in total. The van der Waals surface area contributed by atoms with Crippen LogP contribution in [0.3, 0.4) is 0 Å². The molecule has 2 atom stereocenters. The lowest BCUT2D eigenvalue weighted by Gasteiger charge is -2.24. The first kappa shape index (κ1) is 14.8. The van der Waals surface area contributed by atoms with Crippen molar-refractivity contribution in [3.8, 4) is 11.3 Å². The number of nitrogens with one attached hydrogen (secondary N) is 1. The Balaban J connectivity index is 1.55. The minimum Gasteiger partial charge on any atom is -0.353 e. The third kappa shape index (κ3) is 2.48. The van der Waals surface area contributed by atoms with Crippen molar-refractivity contribution in [2.45, 2.75) is 25.8 Å². The van der Waals surface area contributed by atoms with E-state index in [-0.39, 0.29) is 0 Å². The number of piperidine rings is 1. The van der Waals surface area contributed by atoms with Crippen LogP contribution in [-0.2, 0) is 0 Å². The van der Waals surface area contributed by atoms with Crippen LogP contribution in [0.15, 0.2) is 36.7 Å². The molecule has 25 heavy (non-hydrogen) atoms. The highest BCUT2D eigenvalue weighted by Gasteiger charge is 2.35. The number of nitrogens with zero attached hydrogens (tertiary/aromatic N) is 5. The highest BCUT2D eigenvalue weighted by Crippen LogP contribution is 2.29. The van der Waals surface area contributed by atoms with Crippen LogP contribution in [0, 0.1) is 12.8 Å². The van der Waals surface area contributed by atoms with Gasteiger partial charge in [0.1, 0.15) is 5.82 Å². The van der Waals surface area contributed by atoms with Gasteiger partial charge in [-0.3, -0.25) is 4.98 Å². The molecule has 6 heteroatoms. The van der Waals surface area contributed by atoms with Crippen molar-refractivity contribution in [1.82, 2.24) is 24.9 Å². The van der Waals surface area contributed by atoms with Crippen LogP contribution < -0.4 is 10.2 Å². The van der Waals surface area contributed by atoms with Crippen molar-refractivity contribution in [2.75, 3.05) is 24.5 Å². The van der Waals surface area contributed by atoms with Gasteiger partial charge in [-0.05, 0) is 56.5 Å². The summed E-state index contributed by atoms with van der Waals surface area (Å²) in [5.41, 5.74) is 4.03. The molecule has 0 unspecified atom stereocenters. The summed E-state index contributed by atoms with van der Waals surface area (Å²) in [6, 6.07) is 8.82. The Hall–Kier alpha value is -2.47. The second-order valence-electron chi connectivity index (χ2n) is 7.11. The van der Waals surface area contributed by atoms with E-state index < -0.39 is 0 Å². The number of imidazole rings is 1. The van der Waals surface area contributed by atoms with Gasteiger partial charge in [-0.15, -0.1) is 5.10 Å². The summed E-state index contributed by atoms with van der Waals surface area (Å²) in [7, 11) is 0. The highest BCUT2D eigenvalue weighted by molar-refractivity contribution is 5.66. The van der Waals surface area contributed by atoms with Crippen LogP contribution in [0.4, 0.5) is 5.82 Å². The van der Waals surface area contributed by atoms with E-state index in [0.29, 0.717) is 6.04 Å². The molecule has 0 aromatic carbocycles. The monoisotopic (exact) mass is 334 g/mol. The molecule has 3 aromatic heterocycles. The molecule has 0 radical (unpaired) electrons. The van der Waals surface area contributed by atoms with Crippen molar-refractivity contribution < 1.29 is 0 Å². The number of hydrogen-bond acceptors (Lipinski definition) is 5. The zero-order valence-corrected chi connectivity index (χ0v) is 14.4. The Morgan fingerprint density at radius 3 is 2.84 bits per heavy atom. The van der Waals surface area contributed by atoms with Crippen molar-refractivity contribution in [3.63, 3.8) is 0 Å². The maximum Gasteiger partial charge on any atom is 0.154 e. The lowest BCUT2D eigenvalue weighted by molar-refractivity contribution is 0.340. The smallest absolute Gasteiger partial charge is 0.154 e. The number of anilines is 1. The molecule has 0 spiro atoms. The Labute approximate surface area is 146 Å². The fourth-order valence-corrected chi connectivity index (χ4v) is 4.28. The van der Waals surface area contributed by atoms with Gasteiger partial charge >= 0.3 is 0 Å². The molecule has 3 aromatic rings. The lowest BCUT2D eigenvalue weighted by Crippen LogP contribution is -2.40. The van der Waals surface area contributed by atoms with Crippen LogP contribution in [0.5, 0.6) is 0 Å². The molecule has 5 rings (SSSR count). The number of aromatic nitrogens is 4. The summed E-state index contributed by atoms with van der Waals surface area (Å²) in [6.45, 7) is 5.32. The van der Waals surface area contributed by atoms with E-state index in [4.69, 9.17) is 5.10 Å². The van der Waals surface area contributed by atoms with Gasteiger partial charge in [-0.2, -0.15) is 0 Å². The highest BCUT2D eigenvalue weighted by atomic mass is 15.3. The van der Waals surface area contributed by atoms with Gasteiger partial charge in [-0.25, -0.2) is 9.50 Å².